The Balaban J connectivity index is 2.84. The van der Waals surface area contributed by atoms with Crippen molar-refractivity contribution in [1.82, 2.24) is 0 Å². The molecular formula is C15H24F2. The molecular weight excluding hydrogens is 218 g/mol. The Bertz CT molecular complexity index is 326. The van der Waals surface area contributed by atoms with E-state index < -0.39 is 17.1 Å². The first-order valence-corrected chi connectivity index (χ1v) is 6.66. The number of allylic oxidation sites excluding steroid dienone is 4. The number of rotatable bonds is 5. The molecule has 1 unspecified atom stereocenters. The summed E-state index contributed by atoms with van der Waals surface area (Å²) >= 11 is 0. The molecule has 1 aliphatic carbocycles. The highest BCUT2D eigenvalue weighted by Crippen LogP contribution is 2.46. The van der Waals surface area contributed by atoms with Gasteiger partial charge in [-0.2, -0.15) is 0 Å². The van der Waals surface area contributed by atoms with Gasteiger partial charge in [-0.25, -0.2) is 8.78 Å². The molecule has 0 aromatic heterocycles. The normalized spacial score (nSPS) is 25.5. The zero-order valence-electron chi connectivity index (χ0n) is 11.4. The number of halogens is 2. The summed E-state index contributed by atoms with van der Waals surface area (Å²) in [4.78, 5) is 0. The Hall–Kier alpha value is -0.660. The van der Waals surface area contributed by atoms with Crippen LogP contribution >= 0.6 is 0 Å². The van der Waals surface area contributed by atoms with Gasteiger partial charge in [-0.05, 0) is 37.2 Å². The van der Waals surface area contributed by atoms with E-state index >= 15 is 0 Å². The van der Waals surface area contributed by atoms with Crippen LogP contribution in [0.1, 0.15) is 59.8 Å². The van der Waals surface area contributed by atoms with Crippen LogP contribution in [0.3, 0.4) is 0 Å². The van der Waals surface area contributed by atoms with Crippen molar-refractivity contribution in [2.45, 2.75) is 59.8 Å². The van der Waals surface area contributed by atoms with Gasteiger partial charge in [-0.3, -0.25) is 0 Å². The molecule has 0 saturated carbocycles. The van der Waals surface area contributed by atoms with Crippen LogP contribution in [0.5, 0.6) is 0 Å². The Kier molecular flexibility index (Phi) is 4.91. The minimum atomic E-state index is -0.631. The third-order valence-electron chi connectivity index (χ3n) is 3.46. The van der Waals surface area contributed by atoms with Crippen LogP contribution in [0.4, 0.5) is 8.78 Å². The molecule has 0 spiro atoms. The lowest BCUT2D eigenvalue weighted by molar-refractivity contribution is 0.242. The zero-order valence-corrected chi connectivity index (χ0v) is 11.4. The van der Waals surface area contributed by atoms with E-state index in [9.17, 15) is 8.78 Å². The maximum absolute atomic E-state index is 14.1. The molecule has 0 nitrogen and oxygen atoms in total. The Morgan fingerprint density at radius 3 is 2.53 bits per heavy atom. The molecule has 0 heterocycles. The topological polar surface area (TPSA) is 0 Å². The monoisotopic (exact) mass is 242 g/mol. The van der Waals surface area contributed by atoms with Crippen molar-refractivity contribution in [2.24, 2.45) is 11.3 Å². The van der Waals surface area contributed by atoms with Gasteiger partial charge in [0.05, 0.1) is 0 Å². The summed E-state index contributed by atoms with van der Waals surface area (Å²) in [5.41, 5.74) is -0.0564. The van der Waals surface area contributed by atoms with Crippen molar-refractivity contribution in [2.75, 3.05) is 0 Å². The molecule has 0 aromatic carbocycles. The SMILES string of the molecule is CCCCC1=CCC(C)(CC(C)C)C(F)=C1F. The van der Waals surface area contributed by atoms with E-state index in [0.717, 1.165) is 12.8 Å². The fourth-order valence-corrected chi connectivity index (χ4v) is 2.59. The standard InChI is InChI=1S/C15H24F2/c1-5-6-7-12-8-9-15(4,10-11(2)3)14(17)13(12)16/h8,11H,5-7,9-10H2,1-4H3. The first-order chi connectivity index (χ1) is 7.90. The van der Waals surface area contributed by atoms with Gasteiger partial charge in [0.1, 0.15) is 5.83 Å². The van der Waals surface area contributed by atoms with Crippen LogP contribution in [0.2, 0.25) is 0 Å². The Morgan fingerprint density at radius 2 is 2.00 bits per heavy atom. The first-order valence-electron chi connectivity index (χ1n) is 6.66. The summed E-state index contributed by atoms with van der Waals surface area (Å²) in [5.74, 6) is -0.739. The number of hydrogen-bond acceptors (Lipinski definition) is 0. The molecule has 0 amide bonds. The first kappa shape index (κ1) is 14.4. The van der Waals surface area contributed by atoms with Crippen molar-refractivity contribution in [3.63, 3.8) is 0 Å². The summed E-state index contributed by atoms with van der Waals surface area (Å²) in [5, 5.41) is 0. The molecule has 17 heavy (non-hydrogen) atoms. The van der Waals surface area contributed by atoms with E-state index in [1.54, 1.807) is 0 Å². The maximum atomic E-state index is 14.1. The third kappa shape index (κ3) is 3.40. The fraction of sp³-hybridized carbons (Fsp3) is 0.733. The van der Waals surface area contributed by atoms with Crippen LogP contribution in [-0.2, 0) is 0 Å². The summed E-state index contributed by atoms with van der Waals surface area (Å²) < 4.78 is 28.1. The minimum absolute atomic E-state index is 0.379. The molecule has 98 valence electrons. The fourth-order valence-electron chi connectivity index (χ4n) is 2.59. The summed E-state index contributed by atoms with van der Waals surface area (Å²) in [6.07, 6.45) is 5.82. The third-order valence-corrected chi connectivity index (χ3v) is 3.46. The van der Waals surface area contributed by atoms with E-state index in [1.165, 1.54) is 0 Å². The molecule has 0 radical (unpaired) electrons. The van der Waals surface area contributed by atoms with Crippen molar-refractivity contribution in [1.29, 1.82) is 0 Å². The molecule has 1 atom stereocenters. The minimum Gasteiger partial charge on any atom is -0.208 e. The smallest absolute Gasteiger partial charge is 0.158 e. The van der Waals surface area contributed by atoms with E-state index in [1.807, 2.05) is 26.8 Å². The highest BCUT2D eigenvalue weighted by atomic mass is 19.2. The second-order valence-electron chi connectivity index (χ2n) is 5.82. The Labute approximate surface area is 104 Å². The summed E-state index contributed by atoms with van der Waals surface area (Å²) in [6, 6.07) is 0. The van der Waals surface area contributed by atoms with Gasteiger partial charge in [0.25, 0.3) is 0 Å². The van der Waals surface area contributed by atoms with E-state index in [0.29, 0.717) is 30.8 Å². The number of hydrogen-bond donors (Lipinski definition) is 0. The highest BCUT2D eigenvalue weighted by Gasteiger charge is 2.36. The van der Waals surface area contributed by atoms with E-state index in [-0.39, 0.29) is 0 Å². The lowest BCUT2D eigenvalue weighted by Crippen LogP contribution is -2.23. The average Bonchev–Trinajstić information content (AvgIpc) is 2.25. The molecule has 0 N–H and O–H groups in total. The predicted molar refractivity (Wildman–Crippen MR) is 69.0 cm³/mol. The lowest BCUT2D eigenvalue weighted by Gasteiger charge is -2.32. The molecule has 1 aliphatic rings. The van der Waals surface area contributed by atoms with Gasteiger partial charge in [0.2, 0.25) is 0 Å². The van der Waals surface area contributed by atoms with Crippen molar-refractivity contribution in [3.8, 4) is 0 Å². The van der Waals surface area contributed by atoms with Crippen molar-refractivity contribution < 1.29 is 8.78 Å². The molecule has 0 bridgehead atoms. The molecule has 0 aromatic rings. The molecule has 0 aliphatic heterocycles. The van der Waals surface area contributed by atoms with Gasteiger partial charge < -0.3 is 0 Å². The zero-order chi connectivity index (χ0) is 13.1. The lowest BCUT2D eigenvalue weighted by atomic mass is 9.74. The number of unbranched alkanes of at least 4 members (excludes halogenated alkanes) is 1. The largest absolute Gasteiger partial charge is 0.208 e. The second-order valence-corrected chi connectivity index (χ2v) is 5.82. The van der Waals surface area contributed by atoms with Crippen LogP contribution in [-0.4, -0.2) is 0 Å². The van der Waals surface area contributed by atoms with Gasteiger partial charge in [-0.15, -0.1) is 0 Å². The Morgan fingerprint density at radius 1 is 1.35 bits per heavy atom. The van der Waals surface area contributed by atoms with Gasteiger partial charge >= 0.3 is 0 Å². The molecule has 1 rings (SSSR count). The van der Waals surface area contributed by atoms with Crippen LogP contribution in [0.25, 0.3) is 0 Å². The van der Waals surface area contributed by atoms with Gasteiger partial charge in [0.15, 0.2) is 5.83 Å². The van der Waals surface area contributed by atoms with Gasteiger partial charge in [0, 0.05) is 5.41 Å². The molecule has 0 fully saturated rings. The molecule has 2 heteroatoms. The summed E-state index contributed by atoms with van der Waals surface area (Å²) in [6.45, 7) is 7.98. The van der Waals surface area contributed by atoms with E-state index in [4.69, 9.17) is 0 Å². The maximum Gasteiger partial charge on any atom is 0.158 e. The van der Waals surface area contributed by atoms with Crippen LogP contribution < -0.4 is 0 Å². The summed E-state index contributed by atoms with van der Waals surface area (Å²) in [7, 11) is 0. The molecule has 0 saturated heterocycles. The van der Waals surface area contributed by atoms with Crippen molar-refractivity contribution >= 4 is 0 Å². The van der Waals surface area contributed by atoms with Crippen molar-refractivity contribution in [3.05, 3.63) is 23.3 Å². The van der Waals surface area contributed by atoms with Crippen LogP contribution in [0.15, 0.2) is 23.3 Å². The highest BCUT2D eigenvalue weighted by molar-refractivity contribution is 5.35. The van der Waals surface area contributed by atoms with Gasteiger partial charge in [-0.1, -0.05) is 40.2 Å². The van der Waals surface area contributed by atoms with E-state index in [2.05, 4.69) is 6.92 Å². The van der Waals surface area contributed by atoms with Crippen LogP contribution in [0, 0.1) is 11.3 Å². The average molecular weight is 242 g/mol. The quantitative estimate of drug-likeness (QED) is 0.579. The second kappa shape index (κ2) is 5.79. The predicted octanol–water partition coefficient (Wildman–Crippen LogP) is 5.71.